The summed E-state index contributed by atoms with van der Waals surface area (Å²) < 4.78 is 11.0. The molecule has 1 aliphatic rings. The number of hydrogen-bond donors (Lipinski definition) is 1. The molecule has 27 heavy (non-hydrogen) atoms. The number of hydrogen-bond acceptors (Lipinski definition) is 5. The zero-order valence-corrected chi connectivity index (χ0v) is 15.5. The van der Waals surface area contributed by atoms with Crippen LogP contribution in [0.5, 0.6) is 5.75 Å². The first-order valence-electron chi connectivity index (χ1n) is 8.99. The Bertz CT molecular complexity index is 1080. The average molecular weight is 367 g/mol. The maximum atomic E-state index is 12.9. The monoisotopic (exact) mass is 367 g/mol. The zero-order chi connectivity index (χ0) is 19.1. The Hall–Kier alpha value is -3.09. The van der Waals surface area contributed by atoms with Gasteiger partial charge in [-0.05, 0) is 39.0 Å². The highest BCUT2D eigenvalue weighted by Gasteiger charge is 2.26. The van der Waals surface area contributed by atoms with Crippen LogP contribution in [0.4, 0.5) is 0 Å². The van der Waals surface area contributed by atoms with Crippen molar-refractivity contribution in [2.75, 3.05) is 6.54 Å². The predicted molar refractivity (Wildman–Crippen MR) is 100 cm³/mol. The fourth-order valence-corrected chi connectivity index (χ4v) is 3.37. The van der Waals surface area contributed by atoms with Gasteiger partial charge in [0, 0.05) is 24.4 Å². The van der Waals surface area contributed by atoms with E-state index in [0.29, 0.717) is 36.2 Å². The molecule has 0 spiro atoms. The molecule has 7 heteroatoms. The number of rotatable bonds is 3. The van der Waals surface area contributed by atoms with Crippen LogP contribution in [0.2, 0.25) is 0 Å². The van der Waals surface area contributed by atoms with E-state index >= 15 is 0 Å². The van der Waals surface area contributed by atoms with Crippen LogP contribution in [-0.2, 0) is 13.0 Å². The van der Waals surface area contributed by atoms with E-state index in [9.17, 15) is 9.59 Å². The van der Waals surface area contributed by atoms with Crippen molar-refractivity contribution in [1.82, 2.24) is 14.9 Å². The number of aryl methyl sites for hydroxylation is 1. The lowest BCUT2D eigenvalue weighted by Crippen LogP contribution is -2.38. The Labute approximate surface area is 156 Å². The van der Waals surface area contributed by atoms with Crippen molar-refractivity contribution in [2.24, 2.45) is 0 Å². The molecule has 0 unspecified atom stereocenters. The number of H-pyrrole nitrogens is 1. The number of fused-ring (bicyclic) bond motifs is 2. The number of carbonyl (C=O) groups is 1. The van der Waals surface area contributed by atoms with Gasteiger partial charge in [0.2, 0.25) is 0 Å². The number of nitrogens with one attached hydrogen (secondary N) is 1. The van der Waals surface area contributed by atoms with Gasteiger partial charge in [-0.3, -0.25) is 4.79 Å². The van der Waals surface area contributed by atoms with Crippen molar-refractivity contribution in [3.05, 3.63) is 57.5 Å². The summed E-state index contributed by atoms with van der Waals surface area (Å²) in [6, 6.07) is 6.86. The summed E-state index contributed by atoms with van der Waals surface area (Å²) in [5, 5.41) is 0.684. The van der Waals surface area contributed by atoms with Crippen LogP contribution in [0.25, 0.3) is 11.0 Å². The van der Waals surface area contributed by atoms with Gasteiger partial charge in [-0.15, -0.1) is 0 Å². The van der Waals surface area contributed by atoms with Crippen LogP contribution in [-0.4, -0.2) is 33.4 Å². The summed E-state index contributed by atoms with van der Waals surface area (Å²) in [4.78, 5) is 34.6. The van der Waals surface area contributed by atoms with Crippen molar-refractivity contribution in [3.8, 4) is 5.75 Å². The van der Waals surface area contributed by atoms with Crippen molar-refractivity contribution < 1.29 is 13.9 Å². The molecular weight excluding hydrogens is 346 g/mol. The summed E-state index contributed by atoms with van der Waals surface area (Å²) in [6.07, 6.45) is 0.686. The molecule has 0 aliphatic carbocycles. The van der Waals surface area contributed by atoms with Crippen LogP contribution in [0, 0.1) is 6.92 Å². The molecule has 0 bridgehead atoms. The Morgan fingerprint density at radius 1 is 1.33 bits per heavy atom. The van der Waals surface area contributed by atoms with Crippen molar-refractivity contribution >= 4 is 16.9 Å². The smallest absolute Gasteiger partial charge is 0.349 e. The molecule has 0 saturated heterocycles. The van der Waals surface area contributed by atoms with E-state index < -0.39 is 5.63 Å². The van der Waals surface area contributed by atoms with Crippen LogP contribution in [0.15, 0.2) is 33.5 Å². The Kier molecular flexibility index (Phi) is 4.22. The number of benzene rings is 1. The number of carbonyl (C=O) groups excluding carboxylic acids is 1. The molecular formula is C20H21N3O4. The number of nitrogens with zero attached hydrogens (tertiary/aromatic N) is 2. The van der Waals surface area contributed by atoms with Crippen molar-refractivity contribution in [2.45, 2.75) is 39.8 Å². The van der Waals surface area contributed by atoms with E-state index in [-0.39, 0.29) is 17.6 Å². The van der Waals surface area contributed by atoms with Gasteiger partial charge in [-0.2, -0.15) is 0 Å². The second-order valence-electron chi connectivity index (χ2n) is 7.04. The zero-order valence-electron chi connectivity index (χ0n) is 15.5. The van der Waals surface area contributed by atoms with Crippen LogP contribution < -0.4 is 10.4 Å². The molecule has 3 heterocycles. The maximum absolute atomic E-state index is 12.9. The molecule has 0 atom stereocenters. The Balaban J connectivity index is 1.64. The second kappa shape index (κ2) is 6.57. The molecule has 1 amide bonds. The highest BCUT2D eigenvalue weighted by atomic mass is 16.5. The lowest BCUT2D eigenvalue weighted by atomic mass is 10.1. The molecule has 140 valence electrons. The first-order chi connectivity index (χ1) is 12.9. The predicted octanol–water partition coefficient (Wildman–Crippen LogP) is 2.81. The first-order valence-corrected chi connectivity index (χ1v) is 8.99. The van der Waals surface area contributed by atoms with E-state index in [1.165, 1.54) is 0 Å². The molecule has 0 saturated carbocycles. The van der Waals surface area contributed by atoms with E-state index in [0.717, 1.165) is 17.2 Å². The largest absolute Gasteiger partial charge is 0.491 e. The SMILES string of the molecule is Cc1nc2c([nH]1)CN(C(=O)c1cc3ccc(OC(C)C)cc3oc1=O)CC2. The molecule has 0 fully saturated rings. The number of aromatic amines is 1. The second-order valence-corrected chi connectivity index (χ2v) is 7.04. The average Bonchev–Trinajstić information content (AvgIpc) is 2.99. The fourth-order valence-electron chi connectivity index (χ4n) is 3.37. The standard InChI is InChI=1S/C20H21N3O4/c1-11(2)26-14-5-4-13-8-15(20(25)27-18(13)9-14)19(24)23-7-6-16-17(10-23)22-12(3)21-16/h4-5,8-9,11H,6-7,10H2,1-3H3,(H,21,22). The van der Waals surface area contributed by atoms with Gasteiger partial charge in [0.1, 0.15) is 22.7 Å². The minimum Gasteiger partial charge on any atom is -0.491 e. The van der Waals surface area contributed by atoms with Gasteiger partial charge in [-0.1, -0.05) is 0 Å². The number of aromatic nitrogens is 2. The lowest BCUT2D eigenvalue weighted by molar-refractivity contribution is 0.0728. The third-order valence-corrected chi connectivity index (χ3v) is 4.55. The highest BCUT2D eigenvalue weighted by Crippen LogP contribution is 2.23. The van der Waals surface area contributed by atoms with Gasteiger partial charge in [0.15, 0.2) is 0 Å². The van der Waals surface area contributed by atoms with E-state index in [1.54, 1.807) is 29.2 Å². The first kappa shape index (κ1) is 17.3. The Morgan fingerprint density at radius 3 is 2.93 bits per heavy atom. The van der Waals surface area contributed by atoms with Gasteiger partial charge >= 0.3 is 5.63 Å². The molecule has 1 N–H and O–H groups in total. The normalized spacial score (nSPS) is 13.9. The summed E-state index contributed by atoms with van der Waals surface area (Å²) in [5.74, 6) is 1.13. The summed E-state index contributed by atoms with van der Waals surface area (Å²) in [5.41, 5.74) is 1.72. The third kappa shape index (κ3) is 3.32. The summed E-state index contributed by atoms with van der Waals surface area (Å²) in [6.45, 7) is 6.67. The van der Waals surface area contributed by atoms with Gasteiger partial charge in [0.25, 0.3) is 5.91 Å². The van der Waals surface area contributed by atoms with E-state index in [1.807, 2.05) is 20.8 Å². The van der Waals surface area contributed by atoms with Crippen molar-refractivity contribution in [3.63, 3.8) is 0 Å². The van der Waals surface area contributed by atoms with Crippen LogP contribution in [0.3, 0.4) is 0 Å². The summed E-state index contributed by atoms with van der Waals surface area (Å²) >= 11 is 0. The number of amides is 1. The number of imidazole rings is 1. The van der Waals surface area contributed by atoms with Crippen LogP contribution >= 0.6 is 0 Å². The molecule has 0 radical (unpaired) electrons. The molecule has 1 aromatic carbocycles. The van der Waals surface area contributed by atoms with Gasteiger partial charge in [0.05, 0.1) is 24.0 Å². The minimum atomic E-state index is -0.638. The van der Waals surface area contributed by atoms with Gasteiger partial charge in [-0.25, -0.2) is 9.78 Å². The van der Waals surface area contributed by atoms with Crippen molar-refractivity contribution in [1.29, 1.82) is 0 Å². The minimum absolute atomic E-state index is 0.0186. The molecule has 3 aromatic rings. The Morgan fingerprint density at radius 2 is 2.15 bits per heavy atom. The van der Waals surface area contributed by atoms with Crippen LogP contribution in [0.1, 0.15) is 41.4 Å². The molecule has 7 nitrogen and oxygen atoms in total. The lowest BCUT2D eigenvalue weighted by Gasteiger charge is -2.25. The third-order valence-electron chi connectivity index (χ3n) is 4.55. The topological polar surface area (TPSA) is 88.4 Å². The number of ether oxygens (including phenoxy) is 1. The quantitative estimate of drug-likeness (QED) is 0.719. The van der Waals surface area contributed by atoms with E-state index in [4.69, 9.17) is 9.15 Å². The van der Waals surface area contributed by atoms with E-state index in [2.05, 4.69) is 9.97 Å². The molecule has 4 rings (SSSR count). The fraction of sp³-hybridized carbons (Fsp3) is 0.350. The summed E-state index contributed by atoms with van der Waals surface area (Å²) in [7, 11) is 0. The maximum Gasteiger partial charge on any atom is 0.349 e. The molecule has 1 aliphatic heterocycles. The molecule has 2 aromatic heterocycles. The van der Waals surface area contributed by atoms with Gasteiger partial charge < -0.3 is 19.0 Å². The highest BCUT2D eigenvalue weighted by molar-refractivity contribution is 5.96.